The van der Waals surface area contributed by atoms with Gasteiger partial charge in [-0.15, -0.1) is 0 Å². The van der Waals surface area contributed by atoms with Crippen LogP contribution in [0.2, 0.25) is 0 Å². The van der Waals surface area contributed by atoms with E-state index in [1.54, 1.807) is 11.3 Å². The summed E-state index contributed by atoms with van der Waals surface area (Å²) >= 11 is 0. The third-order valence-corrected chi connectivity index (χ3v) is 5.40. The molecule has 0 aliphatic carbocycles. The van der Waals surface area contributed by atoms with E-state index in [9.17, 15) is 4.79 Å². The molecule has 3 aliphatic rings. The van der Waals surface area contributed by atoms with Crippen molar-refractivity contribution in [2.45, 2.75) is 38.3 Å². The number of carbonyl (C=O) groups is 1. The van der Waals surface area contributed by atoms with Gasteiger partial charge in [0.1, 0.15) is 5.76 Å². The second kappa shape index (κ2) is 7.25. The summed E-state index contributed by atoms with van der Waals surface area (Å²) in [6, 6.07) is 3.95. The Morgan fingerprint density at radius 1 is 1.29 bits per heavy atom. The molecule has 1 aromatic heterocycles. The third-order valence-electron chi connectivity index (χ3n) is 5.40. The van der Waals surface area contributed by atoms with E-state index in [0.717, 1.165) is 51.1 Å². The number of likely N-dealkylation sites (tertiary alicyclic amines) is 1. The Bertz CT molecular complexity index is 541. The zero-order chi connectivity index (χ0) is 16.4. The molecule has 0 saturated carbocycles. The second-order valence-electron chi connectivity index (χ2n) is 7.15. The minimum absolute atomic E-state index is 0.0621. The first-order chi connectivity index (χ1) is 11.8. The number of hydrogen-bond donors (Lipinski definition) is 0. The van der Waals surface area contributed by atoms with Gasteiger partial charge < -0.3 is 9.15 Å². The van der Waals surface area contributed by atoms with Crippen LogP contribution >= 0.6 is 0 Å². The lowest BCUT2D eigenvalue weighted by molar-refractivity contribution is -0.208. The molecular formula is C18H26N2O4. The molecule has 24 heavy (non-hydrogen) atoms. The standard InChI is InChI=1S/C18H26N2O4/c21-18(20-6-1-2-9-24-20)15-10-14-11-19(7-5-17(14)23-13-15)12-16-4-3-8-22-16/h3-4,8,14-15,17H,1-2,5-7,9-13H2/t14-,15-,17+/m0/s1. The molecule has 3 saturated heterocycles. The normalized spacial score (nSPS) is 31.7. The zero-order valence-corrected chi connectivity index (χ0v) is 14.1. The highest BCUT2D eigenvalue weighted by atomic mass is 16.7. The molecule has 0 spiro atoms. The average Bonchev–Trinajstić information content (AvgIpc) is 3.14. The van der Waals surface area contributed by atoms with Gasteiger partial charge in [-0.3, -0.25) is 14.5 Å². The Balaban J connectivity index is 1.34. The summed E-state index contributed by atoms with van der Waals surface area (Å²) in [5, 5.41) is 1.57. The van der Waals surface area contributed by atoms with Crippen LogP contribution in [0, 0.1) is 11.8 Å². The van der Waals surface area contributed by atoms with Gasteiger partial charge in [0.25, 0.3) is 5.91 Å². The lowest BCUT2D eigenvalue weighted by Crippen LogP contribution is -2.51. The monoisotopic (exact) mass is 334 g/mol. The number of rotatable bonds is 3. The van der Waals surface area contributed by atoms with Crippen molar-refractivity contribution >= 4 is 5.91 Å². The van der Waals surface area contributed by atoms with Crippen molar-refractivity contribution in [1.82, 2.24) is 9.96 Å². The van der Waals surface area contributed by atoms with Gasteiger partial charge in [-0.05, 0) is 43.7 Å². The van der Waals surface area contributed by atoms with Crippen LogP contribution in [0.4, 0.5) is 0 Å². The van der Waals surface area contributed by atoms with Crippen molar-refractivity contribution in [3.8, 4) is 0 Å². The number of fused-ring (bicyclic) bond motifs is 1. The van der Waals surface area contributed by atoms with E-state index in [1.807, 2.05) is 12.1 Å². The van der Waals surface area contributed by atoms with Gasteiger partial charge in [0.2, 0.25) is 0 Å². The lowest BCUT2D eigenvalue weighted by atomic mass is 9.83. The molecule has 6 nitrogen and oxygen atoms in total. The summed E-state index contributed by atoms with van der Waals surface area (Å²) in [6.07, 6.45) is 6.02. The van der Waals surface area contributed by atoms with E-state index >= 15 is 0 Å². The lowest BCUT2D eigenvalue weighted by Gasteiger charge is -2.43. The van der Waals surface area contributed by atoms with Gasteiger partial charge in [0.05, 0.1) is 38.0 Å². The van der Waals surface area contributed by atoms with Gasteiger partial charge in [0, 0.05) is 19.6 Å². The number of nitrogens with zero attached hydrogens (tertiary/aromatic N) is 2. The fraction of sp³-hybridized carbons (Fsp3) is 0.722. The highest BCUT2D eigenvalue weighted by Crippen LogP contribution is 2.33. The van der Waals surface area contributed by atoms with Crippen molar-refractivity contribution in [2.75, 3.05) is 32.8 Å². The summed E-state index contributed by atoms with van der Waals surface area (Å²) in [6.45, 7) is 4.74. The van der Waals surface area contributed by atoms with E-state index in [4.69, 9.17) is 14.0 Å². The van der Waals surface area contributed by atoms with Crippen LogP contribution in [-0.4, -0.2) is 54.8 Å². The first-order valence-electron chi connectivity index (χ1n) is 9.10. The molecule has 0 unspecified atom stereocenters. The second-order valence-corrected chi connectivity index (χ2v) is 7.15. The highest BCUT2D eigenvalue weighted by molar-refractivity contribution is 5.78. The average molecular weight is 334 g/mol. The van der Waals surface area contributed by atoms with Crippen molar-refractivity contribution in [3.63, 3.8) is 0 Å². The number of ether oxygens (including phenoxy) is 1. The molecule has 1 aromatic rings. The van der Waals surface area contributed by atoms with Crippen LogP contribution in [0.25, 0.3) is 0 Å². The molecule has 4 heterocycles. The van der Waals surface area contributed by atoms with Crippen LogP contribution in [0.15, 0.2) is 22.8 Å². The Labute approximate surface area is 142 Å². The van der Waals surface area contributed by atoms with E-state index in [2.05, 4.69) is 4.90 Å². The summed E-state index contributed by atoms with van der Waals surface area (Å²) < 4.78 is 11.5. The van der Waals surface area contributed by atoms with Crippen molar-refractivity contribution in [2.24, 2.45) is 11.8 Å². The molecule has 3 atom stereocenters. The quantitative estimate of drug-likeness (QED) is 0.847. The smallest absolute Gasteiger partial charge is 0.251 e. The van der Waals surface area contributed by atoms with E-state index in [1.165, 1.54) is 0 Å². The maximum atomic E-state index is 12.7. The molecule has 3 fully saturated rings. The Morgan fingerprint density at radius 2 is 2.25 bits per heavy atom. The Morgan fingerprint density at radius 3 is 3.04 bits per heavy atom. The number of amides is 1. The summed E-state index contributed by atoms with van der Waals surface area (Å²) in [7, 11) is 0. The molecule has 1 amide bonds. The fourth-order valence-electron chi connectivity index (χ4n) is 4.12. The van der Waals surface area contributed by atoms with Crippen molar-refractivity contribution in [1.29, 1.82) is 0 Å². The molecule has 0 bridgehead atoms. The minimum Gasteiger partial charge on any atom is -0.468 e. The van der Waals surface area contributed by atoms with Gasteiger partial charge in [-0.2, -0.15) is 0 Å². The SMILES string of the molecule is O=C([C@@H]1CO[C@@H]2CCN(Cc3ccco3)C[C@@H]2C1)N1CCCCO1. The topological polar surface area (TPSA) is 55.2 Å². The van der Waals surface area contributed by atoms with Crippen LogP contribution in [-0.2, 0) is 20.9 Å². The summed E-state index contributed by atoms with van der Waals surface area (Å²) in [4.78, 5) is 20.6. The molecule has 6 heteroatoms. The number of piperidine rings is 1. The molecule has 132 valence electrons. The van der Waals surface area contributed by atoms with Gasteiger partial charge in [-0.1, -0.05) is 0 Å². The van der Waals surface area contributed by atoms with Crippen LogP contribution in [0.5, 0.6) is 0 Å². The molecular weight excluding hydrogens is 308 g/mol. The molecule has 0 N–H and O–H groups in total. The molecule has 3 aliphatic heterocycles. The number of furan rings is 1. The summed E-state index contributed by atoms with van der Waals surface area (Å²) in [5.41, 5.74) is 0. The summed E-state index contributed by atoms with van der Waals surface area (Å²) in [5.74, 6) is 1.46. The maximum absolute atomic E-state index is 12.7. The van der Waals surface area contributed by atoms with Crippen molar-refractivity contribution in [3.05, 3.63) is 24.2 Å². The highest BCUT2D eigenvalue weighted by Gasteiger charge is 2.40. The third kappa shape index (κ3) is 3.50. The van der Waals surface area contributed by atoms with Crippen molar-refractivity contribution < 1.29 is 18.8 Å². The first kappa shape index (κ1) is 16.1. The number of hydroxylamine groups is 2. The van der Waals surface area contributed by atoms with Crippen LogP contribution < -0.4 is 0 Å². The fourth-order valence-corrected chi connectivity index (χ4v) is 4.12. The maximum Gasteiger partial charge on any atom is 0.251 e. The number of hydrogen-bond acceptors (Lipinski definition) is 5. The van der Waals surface area contributed by atoms with E-state index in [-0.39, 0.29) is 11.8 Å². The first-order valence-corrected chi connectivity index (χ1v) is 9.10. The number of carbonyl (C=O) groups excluding carboxylic acids is 1. The van der Waals surface area contributed by atoms with E-state index < -0.39 is 0 Å². The minimum atomic E-state index is -0.0621. The van der Waals surface area contributed by atoms with Crippen LogP contribution in [0.3, 0.4) is 0 Å². The molecule has 0 radical (unpaired) electrons. The zero-order valence-electron chi connectivity index (χ0n) is 14.1. The largest absolute Gasteiger partial charge is 0.468 e. The Hall–Kier alpha value is -1.37. The van der Waals surface area contributed by atoms with Gasteiger partial charge >= 0.3 is 0 Å². The van der Waals surface area contributed by atoms with Gasteiger partial charge in [0.15, 0.2) is 0 Å². The van der Waals surface area contributed by atoms with E-state index in [0.29, 0.717) is 31.8 Å². The van der Waals surface area contributed by atoms with Crippen LogP contribution in [0.1, 0.15) is 31.4 Å². The predicted molar refractivity (Wildman–Crippen MR) is 86.8 cm³/mol. The molecule has 0 aromatic carbocycles. The predicted octanol–water partition coefficient (Wildman–Crippen LogP) is 2.06. The molecule has 4 rings (SSSR count). The van der Waals surface area contributed by atoms with Gasteiger partial charge in [-0.25, -0.2) is 5.06 Å². The Kier molecular flexibility index (Phi) is 4.87.